The van der Waals surface area contributed by atoms with Crippen molar-refractivity contribution in [2.75, 3.05) is 27.3 Å². The molecule has 1 aliphatic heterocycles. The van der Waals surface area contributed by atoms with Gasteiger partial charge in [0.15, 0.2) is 0 Å². The Morgan fingerprint density at radius 3 is 2.87 bits per heavy atom. The van der Waals surface area contributed by atoms with Gasteiger partial charge in [0.1, 0.15) is 0 Å². The van der Waals surface area contributed by atoms with E-state index in [1.165, 1.54) is 12.8 Å². The molecule has 2 aliphatic rings. The minimum Gasteiger partial charge on any atom is -0.477 e. The number of likely N-dealkylation sites (N-methyl/N-ethyl adjacent to an activating group) is 1. The Labute approximate surface area is 137 Å². The summed E-state index contributed by atoms with van der Waals surface area (Å²) in [5.74, 6) is 1.42. The maximum atomic E-state index is 12.3. The number of carbonyl (C=O) groups excluding carboxylic acids is 1. The molecule has 0 spiro atoms. The highest BCUT2D eigenvalue weighted by Gasteiger charge is 2.34. The average molecular weight is 319 g/mol. The third-order valence-electron chi connectivity index (χ3n) is 4.57. The van der Waals surface area contributed by atoms with Crippen LogP contribution in [0.15, 0.2) is 18.3 Å². The highest BCUT2D eigenvalue weighted by Crippen LogP contribution is 2.29. The molecule has 0 bridgehead atoms. The van der Waals surface area contributed by atoms with Crippen LogP contribution in [0.2, 0.25) is 0 Å². The van der Waals surface area contributed by atoms with Crippen LogP contribution in [0.3, 0.4) is 0 Å². The van der Waals surface area contributed by atoms with E-state index in [4.69, 9.17) is 9.47 Å². The Hall–Kier alpha value is -1.66. The largest absolute Gasteiger partial charge is 0.477 e. The quantitative estimate of drug-likeness (QED) is 0.818. The topological polar surface area (TPSA) is 63.7 Å². The van der Waals surface area contributed by atoms with E-state index in [2.05, 4.69) is 10.3 Å². The number of hydrogen-bond donors (Lipinski definition) is 1. The van der Waals surface area contributed by atoms with Gasteiger partial charge >= 0.3 is 0 Å². The van der Waals surface area contributed by atoms with Gasteiger partial charge in [-0.25, -0.2) is 4.98 Å². The van der Waals surface area contributed by atoms with Crippen molar-refractivity contribution in [2.24, 2.45) is 5.92 Å². The van der Waals surface area contributed by atoms with Crippen LogP contribution in [0.25, 0.3) is 0 Å². The van der Waals surface area contributed by atoms with Crippen molar-refractivity contribution < 1.29 is 14.3 Å². The monoisotopic (exact) mass is 319 g/mol. The molecule has 6 heteroatoms. The summed E-state index contributed by atoms with van der Waals surface area (Å²) >= 11 is 0. The number of amides is 1. The lowest BCUT2D eigenvalue weighted by Gasteiger charge is -2.18. The Morgan fingerprint density at radius 1 is 1.43 bits per heavy atom. The van der Waals surface area contributed by atoms with Gasteiger partial charge < -0.3 is 14.8 Å². The minimum atomic E-state index is -0.117. The molecule has 23 heavy (non-hydrogen) atoms. The Bertz CT molecular complexity index is 530. The van der Waals surface area contributed by atoms with Crippen LogP contribution in [0.1, 0.15) is 24.8 Å². The fourth-order valence-corrected chi connectivity index (χ4v) is 2.83. The van der Waals surface area contributed by atoms with Crippen LogP contribution in [0, 0.1) is 5.92 Å². The highest BCUT2D eigenvalue weighted by atomic mass is 16.5. The van der Waals surface area contributed by atoms with Crippen molar-refractivity contribution in [1.82, 2.24) is 15.2 Å². The lowest BCUT2D eigenvalue weighted by Crippen LogP contribution is -2.41. The molecule has 2 fully saturated rings. The lowest BCUT2D eigenvalue weighted by atomic mass is 10.2. The van der Waals surface area contributed by atoms with E-state index in [0.29, 0.717) is 12.4 Å². The number of hydrogen-bond acceptors (Lipinski definition) is 5. The number of carbonyl (C=O) groups is 1. The van der Waals surface area contributed by atoms with E-state index in [-0.39, 0.29) is 18.1 Å². The van der Waals surface area contributed by atoms with Crippen LogP contribution in [0.4, 0.5) is 0 Å². The third kappa shape index (κ3) is 4.42. The second kappa shape index (κ2) is 7.27. The van der Waals surface area contributed by atoms with Gasteiger partial charge in [0.25, 0.3) is 0 Å². The van der Waals surface area contributed by atoms with Crippen molar-refractivity contribution >= 4 is 5.91 Å². The number of likely N-dealkylation sites (tertiary alicyclic amines) is 1. The summed E-state index contributed by atoms with van der Waals surface area (Å²) in [5.41, 5.74) is 0.973. The molecule has 1 saturated heterocycles. The maximum Gasteiger partial charge on any atom is 0.237 e. The number of rotatable bonds is 7. The van der Waals surface area contributed by atoms with Crippen LogP contribution in [-0.2, 0) is 16.1 Å². The number of methoxy groups -OCH3 is 1. The number of pyridine rings is 1. The molecule has 126 valence electrons. The van der Waals surface area contributed by atoms with Crippen LogP contribution in [-0.4, -0.2) is 55.2 Å². The van der Waals surface area contributed by atoms with Gasteiger partial charge in [-0.05, 0) is 37.8 Å². The number of nitrogens with zero attached hydrogens (tertiary/aromatic N) is 2. The SMILES string of the molecule is CO[C@H]1C[C@@H](C(=O)NCc2ccc(OCC3CC3)nc2)N(C)C1. The molecule has 2 heterocycles. The molecule has 6 nitrogen and oxygen atoms in total. The van der Waals surface area contributed by atoms with E-state index in [0.717, 1.165) is 31.1 Å². The minimum absolute atomic E-state index is 0.0427. The number of aromatic nitrogens is 1. The van der Waals surface area contributed by atoms with Crippen LogP contribution < -0.4 is 10.1 Å². The lowest BCUT2D eigenvalue weighted by molar-refractivity contribution is -0.125. The van der Waals surface area contributed by atoms with E-state index in [1.807, 2.05) is 24.1 Å². The molecule has 1 aromatic heterocycles. The standard InChI is InChI=1S/C17H25N3O3/c1-20-10-14(22-2)7-15(20)17(21)19-9-13-5-6-16(18-8-13)23-11-12-3-4-12/h5-6,8,12,14-15H,3-4,7,9-11H2,1-2H3,(H,19,21)/t14-,15-/m0/s1. The van der Waals surface area contributed by atoms with Crippen molar-refractivity contribution in [2.45, 2.75) is 38.0 Å². The smallest absolute Gasteiger partial charge is 0.237 e. The van der Waals surface area contributed by atoms with Gasteiger partial charge in [0, 0.05) is 32.5 Å². The van der Waals surface area contributed by atoms with E-state index in [9.17, 15) is 4.79 Å². The molecule has 0 radical (unpaired) electrons. The molecule has 1 amide bonds. The van der Waals surface area contributed by atoms with Gasteiger partial charge in [0.05, 0.1) is 18.8 Å². The molecular formula is C17H25N3O3. The van der Waals surface area contributed by atoms with Gasteiger partial charge in [-0.3, -0.25) is 9.69 Å². The molecule has 2 atom stereocenters. The zero-order chi connectivity index (χ0) is 16.2. The summed E-state index contributed by atoms with van der Waals surface area (Å²) < 4.78 is 10.9. The fraction of sp³-hybridized carbons (Fsp3) is 0.647. The summed E-state index contributed by atoms with van der Waals surface area (Å²) in [6.07, 6.45) is 5.18. The first kappa shape index (κ1) is 16.2. The molecule has 1 aromatic rings. The first-order valence-electron chi connectivity index (χ1n) is 8.24. The number of ether oxygens (including phenoxy) is 2. The van der Waals surface area contributed by atoms with Crippen molar-refractivity contribution in [3.05, 3.63) is 23.9 Å². The Morgan fingerprint density at radius 2 is 2.26 bits per heavy atom. The second-order valence-corrected chi connectivity index (χ2v) is 6.53. The highest BCUT2D eigenvalue weighted by molar-refractivity contribution is 5.82. The molecular weight excluding hydrogens is 294 g/mol. The van der Waals surface area contributed by atoms with Crippen molar-refractivity contribution in [3.63, 3.8) is 0 Å². The number of nitrogens with one attached hydrogen (secondary N) is 1. The average Bonchev–Trinajstić information content (AvgIpc) is 3.32. The summed E-state index contributed by atoms with van der Waals surface area (Å²) in [5, 5.41) is 2.98. The van der Waals surface area contributed by atoms with Crippen LogP contribution in [0.5, 0.6) is 5.88 Å². The Balaban J connectivity index is 1.44. The third-order valence-corrected chi connectivity index (χ3v) is 4.57. The fourth-order valence-electron chi connectivity index (χ4n) is 2.83. The van der Waals surface area contributed by atoms with Crippen LogP contribution >= 0.6 is 0 Å². The van der Waals surface area contributed by atoms with E-state index < -0.39 is 0 Å². The summed E-state index contributed by atoms with van der Waals surface area (Å²) in [4.78, 5) is 18.6. The van der Waals surface area contributed by atoms with Gasteiger partial charge in [-0.1, -0.05) is 6.07 Å². The molecule has 3 rings (SSSR count). The van der Waals surface area contributed by atoms with Crippen molar-refractivity contribution in [3.8, 4) is 5.88 Å². The molecule has 1 N–H and O–H groups in total. The molecule has 0 aromatic carbocycles. The van der Waals surface area contributed by atoms with Gasteiger partial charge in [-0.15, -0.1) is 0 Å². The van der Waals surface area contributed by atoms with Gasteiger partial charge in [0.2, 0.25) is 11.8 Å². The van der Waals surface area contributed by atoms with E-state index in [1.54, 1.807) is 13.3 Å². The maximum absolute atomic E-state index is 12.3. The molecule has 1 saturated carbocycles. The molecule has 1 aliphatic carbocycles. The zero-order valence-electron chi connectivity index (χ0n) is 13.8. The summed E-state index contributed by atoms with van der Waals surface area (Å²) in [7, 11) is 3.65. The Kier molecular flexibility index (Phi) is 5.13. The first-order valence-corrected chi connectivity index (χ1v) is 8.24. The van der Waals surface area contributed by atoms with Crippen molar-refractivity contribution in [1.29, 1.82) is 0 Å². The summed E-state index contributed by atoms with van der Waals surface area (Å²) in [6, 6.07) is 3.70. The predicted molar refractivity (Wildman–Crippen MR) is 86.1 cm³/mol. The second-order valence-electron chi connectivity index (χ2n) is 6.53. The van der Waals surface area contributed by atoms with E-state index >= 15 is 0 Å². The predicted octanol–water partition coefficient (Wildman–Crippen LogP) is 1.21. The summed E-state index contributed by atoms with van der Waals surface area (Å²) in [6.45, 7) is 2.04. The first-order chi connectivity index (χ1) is 11.2. The van der Waals surface area contributed by atoms with Gasteiger partial charge in [-0.2, -0.15) is 0 Å². The molecule has 0 unspecified atom stereocenters. The zero-order valence-corrected chi connectivity index (χ0v) is 13.8. The normalized spacial score (nSPS) is 24.6.